The molecule has 1 aromatic carbocycles. The highest BCUT2D eigenvalue weighted by atomic mass is 127. The predicted molar refractivity (Wildman–Crippen MR) is 120 cm³/mol. The van der Waals surface area contributed by atoms with Crippen LogP contribution in [0.5, 0.6) is 0 Å². The van der Waals surface area contributed by atoms with Gasteiger partial charge < -0.3 is 19.5 Å². The molecular weight excluding hydrogens is 481 g/mol. The summed E-state index contributed by atoms with van der Waals surface area (Å²) >= 11 is 6.04. The molecule has 2 N–H and O–H groups in total. The molecule has 1 heterocycles. The highest BCUT2D eigenvalue weighted by molar-refractivity contribution is 14.0. The Morgan fingerprint density at radius 2 is 2.00 bits per heavy atom. The van der Waals surface area contributed by atoms with Crippen molar-refractivity contribution in [2.45, 2.75) is 13.1 Å². The van der Waals surface area contributed by atoms with E-state index < -0.39 is 6.09 Å². The van der Waals surface area contributed by atoms with Crippen molar-refractivity contribution in [3.8, 4) is 0 Å². The van der Waals surface area contributed by atoms with Crippen molar-refractivity contribution >= 4 is 53.3 Å². The number of rotatable bonds is 5. The minimum absolute atomic E-state index is 0. The largest absolute Gasteiger partial charge is 0.453 e. The molecular formula is C18H25ClIN5O2. The van der Waals surface area contributed by atoms with Gasteiger partial charge in [0.05, 0.1) is 18.7 Å². The van der Waals surface area contributed by atoms with Crippen LogP contribution < -0.4 is 10.6 Å². The zero-order valence-corrected chi connectivity index (χ0v) is 18.9. The van der Waals surface area contributed by atoms with Gasteiger partial charge in [0.1, 0.15) is 0 Å². The van der Waals surface area contributed by atoms with Gasteiger partial charge in [-0.05, 0) is 23.8 Å². The SMILES string of the molecule is CN=C(NCc1ccc(NC(=O)OC)cc1)N(C)Cc1cc(Cl)cn1C.I. The standard InChI is InChI=1S/C18H24ClN5O2.HI/c1-20-17(24(3)12-16-9-14(19)11-23(16)2)21-10-13-5-7-15(8-6-13)22-18(25)26-4;/h5-9,11H,10,12H2,1-4H3,(H,20,21)(H,22,25);1H. The number of hydrogen-bond acceptors (Lipinski definition) is 3. The van der Waals surface area contributed by atoms with Gasteiger partial charge in [-0.2, -0.15) is 0 Å². The number of hydrogen-bond donors (Lipinski definition) is 2. The van der Waals surface area contributed by atoms with E-state index in [2.05, 4.69) is 20.4 Å². The number of carbonyl (C=O) groups is 1. The van der Waals surface area contributed by atoms with Crippen LogP contribution in [0.25, 0.3) is 0 Å². The van der Waals surface area contributed by atoms with Crippen molar-refractivity contribution in [2.75, 3.05) is 26.5 Å². The topological polar surface area (TPSA) is 70.9 Å². The van der Waals surface area contributed by atoms with Crippen molar-refractivity contribution < 1.29 is 9.53 Å². The first-order chi connectivity index (χ1) is 12.4. The molecule has 0 atom stereocenters. The second-order valence-corrected chi connectivity index (χ2v) is 6.27. The first kappa shape index (κ1) is 23.1. The number of aliphatic imine (C=N–C) groups is 1. The molecule has 0 bridgehead atoms. The summed E-state index contributed by atoms with van der Waals surface area (Å²) in [7, 11) is 7.02. The molecule has 0 aliphatic rings. The molecule has 148 valence electrons. The average Bonchev–Trinajstić information content (AvgIpc) is 2.93. The van der Waals surface area contributed by atoms with Crippen molar-refractivity contribution in [3.05, 3.63) is 52.8 Å². The third-order valence-corrected chi connectivity index (χ3v) is 4.09. The van der Waals surface area contributed by atoms with Crippen LogP contribution >= 0.6 is 35.6 Å². The van der Waals surface area contributed by atoms with Crippen LogP contribution in [0.15, 0.2) is 41.5 Å². The Hall–Kier alpha value is -1.94. The summed E-state index contributed by atoms with van der Waals surface area (Å²) in [5.41, 5.74) is 2.85. The first-order valence-electron chi connectivity index (χ1n) is 8.09. The minimum atomic E-state index is -0.487. The molecule has 27 heavy (non-hydrogen) atoms. The fourth-order valence-electron chi connectivity index (χ4n) is 2.48. The maximum Gasteiger partial charge on any atom is 0.411 e. The number of nitrogens with zero attached hydrogens (tertiary/aromatic N) is 3. The van der Waals surface area contributed by atoms with Crippen LogP contribution in [0.2, 0.25) is 5.02 Å². The van der Waals surface area contributed by atoms with E-state index in [4.69, 9.17) is 11.6 Å². The van der Waals surface area contributed by atoms with E-state index in [9.17, 15) is 4.79 Å². The van der Waals surface area contributed by atoms with Crippen molar-refractivity contribution in [1.82, 2.24) is 14.8 Å². The Kier molecular flexibility index (Phi) is 9.44. The number of amides is 1. The summed E-state index contributed by atoms with van der Waals surface area (Å²) in [5, 5.41) is 6.67. The molecule has 0 fully saturated rings. The summed E-state index contributed by atoms with van der Waals surface area (Å²) in [4.78, 5) is 17.5. The normalized spacial score (nSPS) is 10.8. The molecule has 9 heteroatoms. The number of nitrogens with one attached hydrogen (secondary N) is 2. The van der Waals surface area contributed by atoms with Crippen molar-refractivity contribution in [3.63, 3.8) is 0 Å². The highest BCUT2D eigenvalue weighted by Gasteiger charge is 2.10. The quantitative estimate of drug-likeness (QED) is 0.369. The zero-order valence-electron chi connectivity index (χ0n) is 15.8. The Balaban J connectivity index is 0.00000364. The second-order valence-electron chi connectivity index (χ2n) is 5.83. The van der Waals surface area contributed by atoms with Crippen LogP contribution in [-0.2, 0) is 24.9 Å². The third kappa shape index (κ3) is 6.94. The maximum absolute atomic E-state index is 11.2. The fourth-order valence-corrected chi connectivity index (χ4v) is 2.75. The van der Waals surface area contributed by atoms with E-state index in [1.807, 2.05) is 60.1 Å². The van der Waals surface area contributed by atoms with Gasteiger partial charge >= 0.3 is 6.09 Å². The number of benzene rings is 1. The smallest absolute Gasteiger partial charge is 0.411 e. The Morgan fingerprint density at radius 1 is 1.33 bits per heavy atom. The summed E-state index contributed by atoms with van der Waals surface area (Å²) in [6.45, 7) is 1.30. The van der Waals surface area contributed by atoms with Crippen LogP contribution in [0.4, 0.5) is 10.5 Å². The molecule has 0 aliphatic heterocycles. The van der Waals surface area contributed by atoms with Crippen LogP contribution in [-0.4, -0.2) is 42.7 Å². The number of methoxy groups -OCH3 is 1. The molecule has 2 aromatic rings. The predicted octanol–water partition coefficient (Wildman–Crippen LogP) is 3.68. The van der Waals surface area contributed by atoms with Gasteiger partial charge in [0.2, 0.25) is 0 Å². The molecule has 0 saturated carbocycles. The van der Waals surface area contributed by atoms with Gasteiger partial charge in [-0.1, -0.05) is 23.7 Å². The van der Waals surface area contributed by atoms with Gasteiger partial charge in [-0.15, -0.1) is 24.0 Å². The summed E-state index contributed by atoms with van der Waals surface area (Å²) in [5.74, 6) is 0.777. The molecule has 0 unspecified atom stereocenters. The van der Waals surface area contributed by atoms with E-state index >= 15 is 0 Å². The van der Waals surface area contributed by atoms with Gasteiger partial charge in [0, 0.05) is 45.3 Å². The van der Waals surface area contributed by atoms with E-state index in [-0.39, 0.29) is 24.0 Å². The lowest BCUT2D eigenvalue weighted by atomic mass is 10.2. The number of anilines is 1. The molecule has 0 aliphatic carbocycles. The Bertz CT molecular complexity index is 777. The molecule has 1 aromatic heterocycles. The van der Waals surface area contributed by atoms with Crippen LogP contribution in [0, 0.1) is 0 Å². The number of aromatic nitrogens is 1. The molecule has 2 rings (SSSR count). The number of aryl methyl sites for hydroxylation is 1. The summed E-state index contributed by atoms with van der Waals surface area (Å²) in [6.07, 6.45) is 1.39. The Morgan fingerprint density at radius 3 is 2.52 bits per heavy atom. The lowest BCUT2D eigenvalue weighted by Gasteiger charge is -2.22. The lowest BCUT2D eigenvalue weighted by Crippen LogP contribution is -2.38. The highest BCUT2D eigenvalue weighted by Crippen LogP contribution is 2.14. The average molecular weight is 506 g/mol. The second kappa shape index (κ2) is 11.0. The monoisotopic (exact) mass is 505 g/mol. The van der Waals surface area contributed by atoms with E-state index in [1.165, 1.54) is 7.11 Å². The van der Waals surface area contributed by atoms with Gasteiger partial charge in [-0.3, -0.25) is 10.3 Å². The lowest BCUT2D eigenvalue weighted by molar-refractivity contribution is 0.187. The number of halogens is 2. The zero-order chi connectivity index (χ0) is 19.1. The van der Waals surface area contributed by atoms with Gasteiger partial charge in [0.25, 0.3) is 0 Å². The van der Waals surface area contributed by atoms with Gasteiger partial charge in [0.15, 0.2) is 5.96 Å². The molecule has 7 nitrogen and oxygen atoms in total. The molecule has 1 amide bonds. The summed E-state index contributed by atoms with van der Waals surface area (Å²) < 4.78 is 6.57. The van der Waals surface area contributed by atoms with Crippen LogP contribution in [0.1, 0.15) is 11.3 Å². The van der Waals surface area contributed by atoms with E-state index in [0.717, 1.165) is 22.2 Å². The van der Waals surface area contributed by atoms with E-state index in [0.29, 0.717) is 18.8 Å². The number of ether oxygens (including phenoxy) is 1. The molecule has 0 spiro atoms. The van der Waals surface area contributed by atoms with Crippen LogP contribution in [0.3, 0.4) is 0 Å². The summed E-state index contributed by atoms with van der Waals surface area (Å²) in [6, 6.07) is 9.46. The number of guanidine groups is 1. The first-order valence-corrected chi connectivity index (χ1v) is 8.47. The van der Waals surface area contributed by atoms with E-state index in [1.54, 1.807) is 7.05 Å². The van der Waals surface area contributed by atoms with Crippen molar-refractivity contribution in [1.29, 1.82) is 0 Å². The molecule has 0 saturated heterocycles. The third-order valence-electron chi connectivity index (χ3n) is 3.88. The Labute approximate surface area is 181 Å². The maximum atomic E-state index is 11.2. The minimum Gasteiger partial charge on any atom is -0.453 e. The van der Waals surface area contributed by atoms with Gasteiger partial charge in [-0.25, -0.2) is 4.79 Å². The molecule has 0 radical (unpaired) electrons. The number of carbonyl (C=O) groups excluding carboxylic acids is 1. The van der Waals surface area contributed by atoms with Crippen molar-refractivity contribution in [2.24, 2.45) is 12.0 Å². The fraction of sp³-hybridized carbons (Fsp3) is 0.333.